The molecular formula is C24H21F5N6O2S. The van der Waals surface area contributed by atoms with Gasteiger partial charge in [-0.3, -0.25) is 14.5 Å². The van der Waals surface area contributed by atoms with Crippen LogP contribution in [0.15, 0.2) is 66.0 Å². The van der Waals surface area contributed by atoms with Gasteiger partial charge in [-0.25, -0.2) is 4.52 Å². The maximum atomic E-state index is 13.4. The summed E-state index contributed by atoms with van der Waals surface area (Å²) in [7, 11) is -9.03. The lowest BCUT2D eigenvalue weighted by Gasteiger charge is -2.40. The van der Waals surface area contributed by atoms with Gasteiger partial charge in [0.1, 0.15) is 16.3 Å². The van der Waals surface area contributed by atoms with Gasteiger partial charge in [0, 0.05) is 41.3 Å². The van der Waals surface area contributed by atoms with E-state index < -0.39 is 32.3 Å². The Morgan fingerprint density at radius 1 is 1.05 bits per heavy atom. The average molecular weight is 553 g/mol. The highest BCUT2D eigenvalue weighted by Gasteiger charge is 2.65. The number of carbonyl (C=O) groups is 1. The van der Waals surface area contributed by atoms with Gasteiger partial charge < -0.3 is 10.1 Å². The zero-order valence-corrected chi connectivity index (χ0v) is 21.0. The van der Waals surface area contributed by atoms with E-state index >= 15 is 0 Å². The number of hydrogen-bond donors (Lipinski definition) is 2. The fourth-order valence-corrected chi connectivity index (χ4v) is 4.72. The Balaban J connectivity index is 1.52. The van der Waals surface area contributed by atoms with E-state index in [-0.39, 0.29) is 17.8 Å². The van der Waals surface area contributed by atoms with Crippen molar-refractivity contribution in [3.05, 3.63) is 77.9 Å². The second-order valence-electron chi connectivity index (χ2n) is 8.75. The van der Waals surface area contributed by atoms with Crippen LogP contribution < -0.4 is 10.1 Å². The third-order valence-corrected chi connectivity index (χ3v) is 7.06. The second kappa shape index (κ2) is 7.84. The molecular weight excluding hydrogens is 531 g/mol. The molecule has 0 saturated carbocycles. The zero-order valence-electron chi connectivity index (χ0n) is 20.2. The molecule has 14 heteroatoms. The molecule has 0 aliphatic heterocycles. The highest BCUT2D eigenvalue weighted by molar-refractivity contribution is 8.45. The molecule has 38 heavy (non-hydrogen) atoms. The number of rotatable bonds is 6. The summed E-state index contributed by atoms with van der Waals surface area (Å²) in [5.74, 6) is -1.54. The van der Waals surface area contributed by atoms with E-state index in [2.05, 4.69) is 20.6 Å². The molecule has 8 nitrogen and oxygen atoms in total. The molecule has 1 amide bonds. The molecule has 5 rings (SSSR count). The molecule has 200 valence electrons. The minimum atomic E-state index is -10.1. The minimum absolute atomic E-state index is 0.122. The van der Waals surface area contributed by atoms with Gasteiger partial charge >= 0.3 is 10.2 Å². The average Bonchev–Trinajstić information content (AvgIpc) is 3.57. The van der Waals surface area contributed by atoms with E-state index in [1.807, 2.05) is 30.7 Å². The molecule has 0 bridgehead atoms. The van der Waals surface area contributed by atoms with Crippen LogP contribution in [0, 0.1) is 13.8 Å². The molecule has 5 aromatic rings. The number of nitrogens with zero attached hydrogens (tertiary/aromatic N) is 4. The maximum absolute atomic E-state index is 13.4. The lowest BCUT2D eigenvalue weighted by molar-refractivity contribution is 0.102. The number of imidazole rings is 1. The third-order valence-electron chi connectivity index (χ3n) is 5.93. The van der Waals surface area contributed by atoms with Crippen LogP contribution in [0.25, 0.3) is 22.6 Å². The van der Waals surface area contributed by atoms with Crippen LogP contribution in [0.5, 0.6) is 5.75 Å². The molecule has 0 fully saturated rings. The number of aromatic amines is 1. The molecule has 0 atom stereocenters. The van der Waals surface area contributed by atoms with Gasteiger partial charge in [-0.05, 0) is 43.7 Å². The van der Waals surface area contributed by atoms with Crippen molar-refractivity contribution in [2.45, 2.75) is 18.7 Å². The fraction of sp³-hybridized carbons (Fsp3) is 0.125. The number of halogens is 5. The standard InChI is InChI=1S/C24H21F5N6O2S/c1-14-4-5-18(32-24(36)16-6-19(37-3)9-20(7-16)38(25,26,27,28)29)8-22(14)34-13-15(2)35-23(34)10-21(33-35)17-11-30-31-12-17/h4-13H,1-3H3,(H,30,31)(H,32,36). The van der Waals surface area contributed by atoms with Crippen LogP contribution >= 0.6 is 10.2 Å². The van der Waals surface area contributed by atoms with Gasteiger partial charge in [0.15, 0.2) is 0 Å². The zero-order chi connectivity index (χ0) is 27.5. The van der Waals surface area contributed by atoms with Gasteiger partial charge in [-0.1, -0.05) is 25.5 Å². The Hall–Kier alpha value is -4.33. The third kappa shape index (κ3) is 4.69. The van der Waals surface area contributed by atoms with Crippen LogP contribution in [-0.4, -0.2) is 37.4 Å². The minimum Gasteiger partial charge on any atom is -0.497 e. The fourth-order valence-electron chi connectivity index (χ4n) is 4.03. The van der Waals surface area contributed by atoms with Crippen LogP contribution in [0.1, 0.15) is 21.6 Å². The first-order valence-electron chi connectivity index (χ1n) is 11.1. The molecule has 3 aromatic heterocycles. The van der Waals surface area contributed by atoms with Crippen molar-refractivity contribution < 1.29 is 29.0 Å². The van der Waals surface area contributed by atoms with E-state index in [4.69, 9.17) is 4.74 Å². The monoisotopic (exact) mass is 552 g/mol. The number of ether oxygens (including phenoxy) is 1. The first-order valence-corrected chi connectivity index (χ1v) is 13.0. The van der Waals surface area contributed by atoms with Gasteiger partial charge in [0.25, 0.3) is 5.91 Å². The van der Waals surface area contributed by atoms with Crippen LogP contribution in [0.3, 0.4) is 0 Å². The number of aryl methyl sites for hydroxylation is 2. The van der Waals surface area contributed by atoms with Crippen LogP contribution in [0.4, 0.5) is 25.1 Å². The van der Waals surface area contributed by atoms with E-state index in [9.17, 15) is 24.2 Å². The first kappa shape index (κ1) is 25.3. The molecule has 2 N–H and O–H groups in total. The Labute approximate surface area is 212 Å². The summed E-state index contributed by atoms with van der Waals surface area (Å²) in [6.07, 6.45) is 5.20. The summed E-state index contributed by atoms with van der Waals surface area (Å²) in [6.45, 7) is 3.72. The van der Waals surface area contributed by atoms with Crippen LogP contribution in [-0.2, 0) is 0 Å². The molecule has 0 saturated heterocycles. The quantitative estimate of drug-likeness (QED) is 0.221. The van der Waals surface area contributed by atoms with E-state index in [0.29, 0.717) is 11.4 Å². The van der Waals surface area contributed by atoms with Crippen molar-refractivity contribution in [2.24, 2.45) is 0 Å². The normalized spacial score (nSPS) is 13.8. The SMILES string of the molecule is COc1cc(C(=O)Nc2ccc(C)c(-n3cc(C)n4nc(-c5cn[nH]c5)cc34)c2)cc(S(F)(F)(F)(F)F)c1. The number of anilines is 1. The number of hydrogen-bond acceptors (Lipinski definition) is 4. The van der Waals surface area contributed by atoms with Crippen molar-refractivity contribution in [3.8, 4) is 22.7 Å². The largest absolute Gasteiger partial charge is 0.497 e. The predicted octanol–water partition coefficient (Wildman–Crippen LogP) is 7.05. The van der Waals surface area contributed by atoms with Crippen LogP contribution in [0.2, 0.25) is 0 Å². The molecule has 0 aliphatic carbocycles. The molecule has 3 heterocycles. The summed E-state index contributed by atoms with van der Waals surface area (Å²) in [6, 6.07) is 8.02. The van der Waals surface area contributed by atoms with Gasteiger partial charge in [-0.15, -0.1) is 0 Å². The molecule has 0 radical (unpaired) electrons. The van der Waals surface area contributed by atoms with Crippen molar-refractivity contribution in [1.29, 1.82) is 0 Å². The van der Waals surface area contributed by atoms with Crippen molar-refractivity contribution >= 4 is 27.5 Å². The molecule has 0 spiro atoms. The van der Waals surface area contributed by atoms with Gasteiger partial charge in [-0.2, -0.15) is 10.2 Å². The number of nitrogens with one attached hydrogen (secondary N) is 2. The number of fused-ring (bicyclic) bond motifs is 1. The summed E-state index contributed by atoms with van der Waals surface area (Å²) in [4.78, 5) is 10.6. The second-order valence-corrected chi connectivity index (χ2v) is 11.2. The number of H-pyrrole nitrogens is 1. The highest BCUT2D eigenvalue weighted by Crippen LogP contribution is 3.02. The molecule has 0 unspecified atom stereocenters. The highest BCUT2D eigenvalue weighted by atomic mass is 32.5. The van der Waals surface area contributed by atoms with Gasteiger partial charge in [0.05, 0.1) is 30.4 Å². The first-order chi connectivity index (χ1) is 17.6. The van der Waals surface area contributed by atoms with Crippen molar-refractivity contribution in [1.82, 2.24) is 24.4 Å². The summed E-state index contributed by atoms with van der Waals surface area (Å²) < 4.78 is 75.5. The lowest BCUT2D eigenvalue weighted by Crippen LogP contribution is -2.14. The Bertz CT molecular complexity index is 1710. The van der Waals surface area contributed by atoms with E-state index in [1.165, 1.54) is 0 Å². The molecule has 2 aromatic carbocycles. The number of amides is 1. The van der Waals surface area contributed by atoms with E-state index in [0.717, 1.165) is 35.6 Å². The Morgan fingerprint density at radius 2 is 1.82 bits per heavy atom. The summed E-state index contributed by atoms with van der Waals surface area (Å²) in [5.41, 5.74) is 4.13. The maximum Gasteiger partial charge on any atom is 0.310 e. The van der Waals surface area contributed by atoms with Crippen molar-refractivity contribution in [2.75, 3.05) is 12.4 Å². The number of methoxy groups -OCH3 is 1. The Morgan fingerprint density at radius 3 is 2.47 bits per heavy atom. The topological polar surface area (TPSA) is 89.2 Å². The van der Waals surface area contributed by atoms with Gasteiger partial charge in [0.2, 0.25) is 0 Å². The van der Waals surface area contributed by atoms with E-state index in [1.54, 1.807) is 35.1 Å². The number of benzene rings is 2. The van der Waals surface area contributed by atoms with Crippen molar-refractivity contribution in [3.63, 3.8) is 0 Å². The number of aromatic nitrogens is 5. The summed E-state index contributed by atoms with van der Waals surface area (Å²) in [5, 5.41) is 13.8. The summed E-state index contributed by atoms with van der Waals surface area (Å²) >= 11 is 0. The predicted molar refractivity (Wildman–Crippen MR) is 134 cm³/mol. The lowest BCUT2D eigenvalue weighted by atomic mass is 10.1. The molecule has 0 aliphatic rings. The Kier molecular flexibility index (Phi) is 5.22. The smallest absolute Gasteiger partial charge is 0.310 e. The number of carbonyl (C=O) groups excluding carboxylic acids is 1.